The van der Waals surface area contributed by atoms with Crippen LogP contribution in [0.25, 0.3) is 16.9 Å². The lowest BCUT2D eigenvalue weighted by molar-refractivity contribution is -0.135. The van der Waals surface area contributed by atoms with E-state index in [1.54, 1.807) is 30.6 Å². The molecule has 0 amide bonds. The van der Waals surface area contributed by atoms with Gasteiger partial charge < -0.3 is 4.90 Å². The van der Waals surface area contributed by atoms with Gasteiger partial charge in [0.1, 0.15) is 11.5 Å². The highest BCUT2D eigenvalue weighted by atomic mass is 35.5. The molecule has 1 aromatic carbocycles. The monoisotopic (exact) mass is 472 g/mol. The van der Waals surface area contributed by atoms with Gasteiger partial charge in [-0.25, -0.2) is 4.98 Å². The summed E-state index contributed by atoms with van der Waals surface area (Å²) in [5.41, 5.74) is 2.73. The fourth-order valence-electron chi connectivity index (χ4n) is 3.65. The quantitative estimate of drug-likeness (QED) is 0.351. The molecule has 0 unspecified atom stereocenters. The third-order valence-electron chi connectivity index (χ3n) is 4.88. The number of aromatic nitrogens is 3. The number of imidazole rings is 1. The maximum atomic E-state index is 12.8. The fourth-order valence-corrected chi connectivity index (χ4v) is 4.15. The van der Waals surface area contributed by atoms with Crippen LogP contribution in [-0.2, 0) is 6.42 Å². The predicted molar refractivity (Wildman–Crippen MR) is 120 cm³/mol. The summed E-state index contributed by atoms with van der Waals surface area (Å²) in [4.78, 5) is 11.3. The zero-order valence-electron chi connectivity index (χ0n) is 17.7. The molecule has 0 aliphatic carbocycles. The van der Waals surface area contributed by atoms with Crippen molar-refractivity contribution >= 4 is 34.7 Å². The van der Waals surface area contributed by atoms with Crippen LogP contribution in [-0.4, -0.2) is 33.6 Å². The van der Waals surface area contributed by atoms with E-state index >= 15 is 0 Å². The van der Waals surface area contributed by atoms with Crippen molar-refractivity contribution < 1.29 is 13.2 Å². The van der Waals surface area contributed by atoms with Gasteiger partial charge >= 0.3 is 6.18 Å². The minimum Gasteiger partial charge on any atom is -0.356 e. The first-order valence-electron chi connectivity index (χ1n) is 10.2. The molecule has 0 atom stereocenters. The Morgan fingerprint density at radius 1 is 1.19 bits per heavy atom. The Balaban J connectivity index is 2.09. The molecule has 3 aromatic rings. The van der Waals surface area contributed by atoms with E-state index in [-0.39, 0.29) is 18.9 Å². The standard InChI is InChI=1S/C22H25Cl2F3N4/c1-4-18-21(30(13-14(2)3)10-5-8-22(25,26)27)31-11-9-28-19(20(31)29-18)16-7-6-15(23)12-17(16)24/h6-7,9,11-12,14H,4-5,8,10,13H2,1-3H3. The van der Waals surface area contributed by atoms with Gasteiger partial charge in [-0.1, -0.05) is 44.0 Å². The Hall–Kier alpha value is -1.99. The van der Waals surface area contributed by atoms with E-state index < -0.39 is 12.6 Å². The van der Waals surface area contributed by atoms with E-state index in [9.17, 15) is 13.2 Å². The number of anilines is 1. The highest BCUT2D eigenvalue weighted by Gasteiger charge is 2.28. The second-order valence-electron chi connectivity index (χ2n) is 7.89. The number of nitrogens with zero attached hydrogens (tertiary/aromatic N) is 4. The molecule has 0 radical (unpaired) electrons. The van der Waals surface area contributed by atoms with Crippen LogP contribution in [0.1, 0.15) is 39.3 Å². The Kier molecular flexibility index (Phi) is 7.37. The second kappa shape index (κ2) is 9.65. The molecule has 0 saturated heterocycles. The lowest BCUT2D eigenvalue weighted by Crippen LogP contribution is -2.31. The van der Waals surface area contributed by atoms with Gasteiger partial charge in [-0.05, 0) is 37.0 Å². The highest BCUT2D eigenvalue weighted by molar-refractivity contribution is 6.36. The van der Waals surface area contributed by atoms with Gasteiger partial charge in [-0.2, -0.15) is 13.2 Å². The van der Waals surface area contributed by atoms with Crippen LogP contribution in [0.4, 0.5) is 19.0 Å². The summed E-state index contributed by atoms with van der Waals surface area (Å²) in [5.74, 6) is 1.08. The predicted octanol–water partition coefficient (Wildman–Crippen LogP) is 7.07. The minimum absolute atomic E-state index is 0.0214. The zero-order valence-corrected chi connectivity index (χ0v) is 19.2. The maximum Gasteiger partial charge on any atom is 0.389 e. The number of alkyl halides is 3. The minimum atomic E-state index is -4.17. The third-order valence-corrected chi connectivity index (χ3v) is 5.43. The van der Waals surface area contributed by atoms with Crippen LogP contribution in [0.3, 0.4) is 0 Å². The van der Waals surface area contributed by atoms with Crippen molar-refractivity contribution in [3.8, 4) is 11.3 Å². The molecule has 0 aliphatic rings. The lowest BCUT2D eigenvalue weighted by atomic mass is 10.1. The topological polar surface area (TPSA) is 33.4 Å². The Bertz CT molecular complexity index is 1050. The summed E-state index contributed by atoms with van der Waals surface area (Å²) in [7, 11) is 0. The average Bonchev–Trinajstić information content (AvgIpc) is 3.05. The average molecular weight is 473 g/mol. The first kappa shape index (κ1) is 23.7. The zero-order chi connectivity index (χ0) is 22.8. The first-order valence-corrected chi connectivity index (χ1v) is 11.0. The number of aryl methyl sites for hydroxylation is 1. The van der Waals surface area contributed by atoms with E-state index in [1.165, 1.54) is 0 Å². The normalized spacial score (nSPS) is 12.2. The number of hydrogen-bond donors (Lipinski definition) is 0. The molecule has 2 aromatic heterocycles. The lowest BCUT2D eigenvalue weighted by Gasteiger charge is -2.27. The molecular weight excluding hydrogens is 448 g/mol. The van der Waals surface area contributed by atoms with Crippen molar-refractivity contribution in [3.63, 3.8) is 0 Å². The number of hydrogen-bond acceptors (Lipinski definition) is 3. The van der Waals surface area contributed by atoms with E-state index in [4.69, 9.17) is 28.2 Å². The van der Waals surface area contributed by atoms with Crippen LogP contribution in [0.5, 0.6) is 0 Å². The molecule has 168 valence electrons. The summed E-state index contributed by atoms with van der Waals surface area (Å²) in [6.45, 7) is 6.99. The van der Waals surface area contributed by atoms with Gasteiger partial charge in [-0.3, -0.25) is 9.38 Å². The number of benzene rings is 1. The van der Waals surface area contributed by atoms with E-state index in [2.05, 4.69) is 4.98 Å². The molecule has 0 spiro atoms. The van der Waals surface area contributed by atoms with Gasteiger partial charge in [-0.15, -0.1) is 0 Å². The van der Waals surface area contributed by atoms with Gasteiger partial charge in [0.2, 0.25) is 0 Å². The number of rotatable bonds is 8. The molecule has 31 heavy (non-hydrogen) atoms. The molecule has 3 rings (SSSR count). The summed E-state index contributed by atoms with van der Waals surface area (Å²) in [6, 6.07) is 5.18. The molecule has 0 fully saturated rings. The Morgan fingerprint density at radius 2 is 1.94 bits per heavy atom. The van der Waals surface area contributed by atoms with Gasteiger partial charge in [0.15, 0.2) is 5.65 Å². The summed E-state index contributed by atoms with van der Waals surface area (Å²) >= 11 is 12.4. The maximum absolute atomic E-state index is 12.8. The summed E-state index contributed by atoms with van der Waals surface area (Å²) < 4.78 is 40.2. The number of fused-ring (bicyclic) bond motifs is 1. The largest absolute Gasteiger partial charge is 0.389 e. The van der Waals surface area contributed by atoms with Crippen molar-refractivity contribution in [1.82, 2.24) is 14.4 Å². The molecular formula is C22H25Cl2F3N4. The Labute approximate surface area is 190 Å². The van der Waals surface area contributed by atoms with Crippen LogP contribution in [0.2, 0.25) is 10.0 Å². The van der Waals surface area contributed by atoms with E-state index in [1.807, 2.05) is 30.1 Å². The van der Waals surface area contributed by atoms with E-state index in [0.717, 1.165) is 11.5 Å². The molecule has 0 aliphatic heterocycles. The van der Waals surface area contributed by atoms with Crippen molar-refractivity contribution in [3.05, 3.63) is 46.3 Å². The number of halogens is 5. The van der Waals surface area contributed by atoms with Crippen molar-refractivity contribution in [2.24, 2.45) is 5.92 Å². The summed E-state index contributed by atoms with van der Waals surface area (Å²) in [5, 5.41) is 0.978. The van der Waals surface area contributed by atoms with Crippen LogP contribution < -0.4 is 4.90 Å². The molecule has 0 bridgehead atoms. The van der Waals surface area contributed by atoms with Crippen molar-refractivity contribution in [1.29, 1.82) is 0 Å². The van der Waals surface area contributed by atoms with Crippen LogP contribution in [0.15, 0.2) is 30.6 Å². The molecule has 0 N–H and O–H groups in total. The van der Waals surface area contributed by atoms with Crippen molar-refractivity contribution in [2.75, 3.05) is 18.0 Å². The SMILES string of the molecule is CCc1nc2c(-c3ccc(Cl)cc3Cl)nccn2c1N(CCCC(F)(F)F)CC(C)C. The molecule has 9 heteroatoms. The third kappa shape index (κ3) is 5.63. The summed E-state index contributed by atoms with van der Waals surface area (Å²) in [6.07, 6.45) is -0.874. The molecule has 2 heterocycles. The smallest absolute Gasteiger partial charge is 0.356 e. The Morgan fingerprint density at radius 3 is 2.55 bits per heavy atom. The highest BCUT2D eigenvalue weighted by Crippen LogP contribution is 2.34. The van der Waals surface area contributed by atoms with Gasteiger partial charge in [0.05, 0.1) is 10.7 Å². The van der Waals surface area contributed by atoms with Crippen LogP contribution >= 0.6 is 23.2 Å². The van der Waals surface area contributed by atoms with Gasteiger partial charge in [0.25, 0.3) is 0 Å². The molecule has 0 saturated carbocycles. The second-order valence-corrected chi connectivity index (χ2v) is 8.73. The first-order chi connectivity index (χ1) is 14.6. The van der Waals surface area contributed by atoms with Gasteiger partial charge in [0, 0.05) is 42.5 Å². The van der Waals surface area contributed by atoms with Crippen LogP contribution in [0, 0.1) is 5.92 Å². The fraction of sp³-hybridized carbons (Fsp3) is 0.455. The van der Waals surface area contributed by atoms with Crippen molar-refractivity contribution in [2.45, 2.75) is 46.2 Å². The molecule has 4 nitrogen and oxygen atoms in total. The van der Waals surface area contributed by atoms with E-state index in [0.29, 0.717) is 39.9 Å².